The van der Waals surface area contributed by atoms with Gasteiger partial charge < -0.3 is 15.2 Å². The van der Waals surface area contributed by atoms with E-state index in [0.717, 1.165) is 13.1 Å². The van der Waals surface area contributed by atoms with Crippen molar-refractivity contribution in [1.29, 1.82) is 0 Å². The molecule has 1 rings (SSSR count). The fourth-order valence-electron chi connectivity index (χ4n) is 2.47. The lowest BCUT2D eigenvalue weighted by atomic mass is 10.00. The molecule has 0 aromatic heterocycles. The van der Waals surface area contributed by atoms with E-state index in [2.05, 4.69) is 4.90 Å². The van der Waals surface area contributed by atoms with Gasteiger partial charge in [-0.05, 0) is 27.7 Å². The minimum atomic E-state index is -0.970. The molecular weight excluding hydrogens is 220 g/mol. The van der Waals surface area contributed by atoms with Gasteiger partial charge in [-0.15, -0.1) is 0 Å². The Kier molecular flexibility index (Phi) is 4.17. The van der Waals surface area contributed by atoms with E-state index in [-0.39, 0.29) is 17.7 Å². The maximum absolute atomic E-state index is 11.5. The van der Waals surface area contributed by atoms with Crippen molar-refractivity contribution in [2.75, 3.05) is 26.7 Å². The second-order valence-electron chi connectivity index (χ2n) is 5.77. The van der Waals surface area contributed by atoms with E-state index >= 15 is 0 Å². The van der Waals surface area contributed by atoms with E-state index in [1.54, 1.807) is 6.92 Å². The molecule has 0 bridgehead atoms. The van der Waals surface area contributed by atoms with E-state index in [9.17, 15) is 4.79 Å². The fraction of sp³-hybridized carbons (Fsp3) is 0.917. The molecule has 1 fully saturated rings. The molecule has 2 N–H and O–H groups in total. The minimum Gasteiger partial charge on any atom is -0.468 e. The molecular formula is C12H24N2O3. The van der Waals surface area contributed by atoms with Crippen molar-refractivity contribution in [2.45, 2.75) is 44.9 Å². The van der Waals surface area contributed by atoms with Gasteiger partial charge in [-0.3, -0.25) is 9.69 Å². The van der Waals surface area contributed by atoms with Crippen LogP contribution in [0.4, 0.5) is 0 Å². The van der Waals surface area contributed by atoms with Gasteiger partial charge in [-0.25, -0.2) is 0 Å². The first kappa shape index (κ1) is 14.4. The number of ether oxygens (including phenoxy) is 2. The van der Waals surface area contributed by atoms with Crippen molar-refractivity contribution in [3.05, 3.63) is 0 Å². The Morgan fingerprint density at radius 2 is 2.24 bits per heavy atom. The molecule has 1 aliphatic heterocycles. The van der Waals surface area contributed by atoms with Gasteiger partial charge in [0.05, 0.1) is 18.8 Å². The van der Waals surface area contributed by atoms with Crippen LogP contribution in [0.3, 0.4) is 0 Å². The summed E-state index contributed by atoms with van der Waals surface area (Å²) in [4.78, 5) is 13.7. The first-order valence-corrected chi connectivity index (χ1v) is 5.94. The van der Waals surface area contributed by atoms with Crippen LogP contribution >= 0.6 is 0 Å². The fourth-order valence-corrected chi connectivity index (χ4v) is 2.47. The second-order valence-corrected chi connectivity index (χ2v) is 5.77. The van der Waals surface area contributed by atoms with E-state index in [0.29, 0.717) is 6.54 Å². The standard InChI is InChI=1S/C12H24N2O3/c1-9-6-14(7-11(2,3)17-9)8-12(4,13)10(15)16-5/h9H,6-8,13H2,1-5H3. The third-order valence-corrected chi connectivity index (χ3v) is 2.84. The van der Waals surface area contributed by atoms with Gasteiger partial charge in [0.15, 0.2) is 0 Å². The van der Waals surface area contributed by atoms with E-state index in [1.165, 1.54) is 7.11 Å². The van der Waals surface area contributed by atoms with Crippen molar-refractivity contribution in [3.63, 3.8) is 0 Å². The highest BCUT2D eigenvalue weighted by atomic mass is 16.5. The lowest BCUT2D eigenvalue weighted by Gasteiger charge is -2.43. The number of rotatable bonds is 3. The molecule has 0 aliphatic carbocycles. The predicted molar refractivity (Wildman–Crippen MR) is 65.7 cm³/mol. The summed E-state index contributed by atoms with van der Waals surface area (Å²) >= 11 is 0. The first-order valence-electron chi connectivity index (χ1n) is 5.94. The first-order chi connectivity index (χ1) is 7.66. The molecule has 1 aliphatic rings. The molecule has 100 valence electrons. The van der Waals surface area contributed by atoms with Crippen LogP contribution in [0.5, 0.6) is 0 Å². The number of nitrogens with zero attached hydrogens (tertiary/aromatic N) is 1. The lowest BCUT2D eigenvalue weighted by molar-refractivity contribution is -0.153. The third-order valence-electron chi connectivity index (χ3n) is 2.84. The largest absolute Gasteiger partial charge is 0.468 e. The molecule has 0 amide bonds. The van der Waals surface area contributed by atoms with Gasteiger partial charge in [-0.1, -0.05) is 0 Å². The number of esters is 1. The molecule has 0 aromatic carbocycles. The summed E-state index contributed by atoms with van der Waals surface area (Å²) in [7, 11) is 1.36. The van der Waals surface area contributed by atoms with Crippen molar-refractivity contribution in [1.82, 2.24) is 4.90 Å². The van der Waals surface area contributed by atoms with Crippen LogP contribution in [0.15, 0.2) is 0 Å². The summed E-state index contributed by atoms with van der Waals surface area (Å²) in [5, 5.41) is 0. The van der Waals surface area contributed by atoms with Crippen LogP contribution in [-0.4, -0.2) is 54.9 Å². The van der Waals surface area contributed by atoms with Crippen molar-refractivity contribution in [3.8, 4) is 0 Å². The van der Waals surface area contributed by atoms with Crippen molar-refractivity contribution >= 4 is 5.97 Å². The topological polar surface area (TPSA) is 64.8 Å². The number of carbonyl (C=O) groups is 1. The average Bonchev–Trinajstić information content (AvgIpc) is 2.11. The molecule has 5 heteroatoms. The van der Waals surface area contributed by atoms with Crippen LogP contribution in [0.2, 0.25) is 0 Å². The summed E-state index contributed by atoms with van der Waals surface area (Å²) in [6.45, 7) is 9.85. The number of nitrogens with two attached hydrogens (primary N) is 1. The Labute approximate surface area is 103 Å². The van der Waals surface area contributed by atoms with Gasteiger partial charge in [0, 0.05) is 19.6 Å². The number of hydrogen-bond acceptors (Lipinski definition) is 5. The molecule has 0 saturated carbocycles. The summed E-state index contributed by atoms with van der Waals surface area (Å²) in [5.74, 6) is -0.380. The summed E-state index contributed by atoms with van der Waals surface area (Å²) in [6.07, 6.45) is 0.146. The summed E-state index contributed by atoms with van der Waals surface area (Å²) in [6, 6.07) is 0. The highest BCUT2D eigenvalue weighted by Gasteiger charge is 2.37. The second kappa shape index (κ2) is 4.92. The smallest absolute Gasteiger partial charge is 0.326 e. The van der Waals surface area contributed by atoms with Crippen LogP contribution in [0.1, 0.15) is 27.7 Å². The zero-order valence-electron chi connectivity index (χ0n) is 11.4. The summed E-state index contributed by atoms with van der Waals surface area (Å²) in [5.41, 5.74) is 4.80. The van der Waals surface area contributed by atoms with Gasteiger partial charge in [0.25, 0.3) is 0 Å². The van der Waals surface area contributed by atoms with Gasteiger partial charge in [0.2, 0.25) is 0 Å². The maximum atomic E-state index is 11.5. The van der Waals surface area contributed by atoms with Gasteiger partial charge >= 0.3 is 5.97 Å². The number of carbonyl (C=O) groups excluding carboxylic acids is 1. The zero-order valence-corrected chi connectivity index (χ0v) is 11.4. The maximum Gasteiger partial charge on any atom is 0.326 e. The van der Waals surface area contributed by atoms with Crippen LogP contribution < -0.4 is 5.73 Å². The Hall–Kier alpha value is -0.650. The third kappa shape index (κ3) is 3.94. The van der Waals surface area contributed by atoms with E-state index in [4.69, 9.17) is 15.2 Å². The van der Waals surface area contributed by atoms with E-state index < -0.39 is 5.54 Å². The lowest BCUT2D eigenvalue weighted by Crippen LogP contribution is -2.60. The molecule has 2 atom stereocenters. The normalized spacial score (nSPS) is 28.5. The Morgan fingerprint density at radius 1 is 1.65 bits per heavy atom. The quantitative estimate of drug-likeness (QED) is 0.727. The SMILES string of the molecule is COC(=O)C(C)(N)CN1CC(C)OC(C)(C)C1. The predicted octanol–water partition coefficient (Wildman–Crippen LogP) is 0.376. The van der Waals surface area contributed by atoms with Crippen LogP contribution in [0.25, 0.3) is 0 Å². The molecule has 2 unspecified atom stereocenters. The van der Waals surface area contributed by atoms with Crippen LogP contribution in [0, 0.1) is 0 Å². The number of morpholine rings is 1. The summed E-state index contributed by atoms with van der Waals surface area (Å²) < 4.78 is 10.5. The Balaban J connectivity index is 2.65. The molecule has 1 heterocycles. The molecule has 5 nitrogen and oxygen atoms in total. The monoisotopic (exact) mass is 244 g/mol. The number of methoxy groups -OCH3 is 1. The van der Waals surface area contributed by atoms with Crippen molar-refractivity contribution in [2.24, 2.45) is 5.73 Å². The Morgan fingerprint density at radius 3 is 2.71 bits per heavy atom. The highest BCUT2D eigenvalue weighted by molar-refractivity contribution is 5.80. The molecule has 17 heavy (non-hydrogen) atoms. The Bertz CT molecular complexity index is 289. The van der Waals surface area contributed by atoms with E-state index in [1.807, 2.05) is 20.8 Å². The minimum absolute atomic E-state index is 0.146. The average molecular weight is 244 g/mol. The molecule has 0 radical (unpaired) electrons. The van der Waals surface area contributed by atoms with Crippen molar-refractivity contribution < 1.29 is 14.3 Å². The molecule has 1 saturated heterocycles. The van der Waals surface area contributed by atoms with Gasteiger partial charge in [0.1, 0.15) is 5.54 Å². The molecule has 0 spiro atoms. The number of hydrogen-bond donors (Lipinski definition) is 1. The van der Waals surface area contributed by atoms with Crippen LogP contribution in [-0.2, 0) is 14.3 Å². The highest BCUT2D eigenvalue weighted by Crippen LogP contribution is 2.22. The zero-order chi connectivity index (χ0) is 13.3. The molecule has 0 aromatic rings. The van der Waals surface area contributed by atoms with Gasteiger partial charge in [-0.2, -0.15) is 0 Å².